The first-order chi connectivity index (χ1) is 16.1. The van der Waals surface area contributed by atoms with Crippen LogP contribution in [0.3, 0.4) is 0 Å². The number of aromatic nitrogens is 3. The summed E-state index contributed by atoms with van der Waals surface area (Å²) in [4.78, 5) is 16.7. The molecule has 4 aromatic rings. The fraction of sp³-hybridized carbons (Fsp3) is 0.240. The molecule has 0 aliphatic carbocycles. The normalized spacial score (nSPS) is 16.1. The van der Waals surface area contributed by atoms with Crippen LogP contribution >= 0.6 is 11.6 Å². The summed E-state index contributed by atoms with van der Waals surface area (Å²) in [6.45, 7) is 2.34. The van der Waals surface area contributed by atoms with Crippen LogP contribution in [-0.4, -0.2) is 33.8 Å². The minimum absolute atomic E-state index is 0.160. The first-order valence-electron chi connectivity index (χ1n) is 11.1. The Morgan fingerprint density at radius 2 is 2.06 bits per heavy atom. The molecule has 1 amide bonds. The highest BCUT2D eigenvalue weighted by atomic mass is 35.5. The maximum absolute atomic E-state index is 12.4. The predicted octanol–water partition coefficient (Wildman–Crippen LogP) is 4.19. The van der Waals surface area contributed by atoms with Crippen LogP contribution in [0.1, 0.15) is 34.8 Å². The topological polar surface area (TPSA) is 97.9 Å². The standard InChI is InChI=1S/C25H25ClN6O/c26-19-4-1-3-18(11-19)25(33)30-12-16-6-8-17(9-7-16)24-23-21(27)14-29-15-22(23)32(31-24)20-5-2-10-28-13-20/h1,3-4,6-9,11,14-15,20,28H,2,5,10,12-13,27H2,(H,30,33)/t20-/m1/s1. The molecular formula is C25H25ClN6O. The van der Waals surface area contributed by atoms with E-state index < -0.39 is 0 Å². The number of nitrogens with one attached hydrogen (secondary N) is 2. The number of amides is 1. The molecule has 7 nitrogen and oxygen atoms in total. The molecule has 4 N–H and O–H groups in total. The van der Waals surface area contributed by atoms with Crippen molar-refractivity contribution in [2.75, 3.05) is 18.8 Å². The van der Waals surface area contributed by atoms with E-state index in [0.717, 1.165) is 53.7 Å². The van der Waals surface area contributed by atoms with Crippen molar-refractivity contribution in [3.05, 3.63) is 77.1 Å². The van der Waals surface area contributed by atoms with Gasteiger partial charge in [-0.15, -0.1) is 0 Å². The van der Waals surface area contributed by atoms with Crippen molar-refractivity contribution in [1.82, 2.24) is 25.4 Å². The quantitative estimate of drug-likeness (QED) is 0.415. The summed E-state index contributed by atoms with van der Waals surface area (Å²) in [6.07, 6.45) is 5.71. The number of pyridine rings is 1. The number of carbonyl (C=O) groups excluding carboxylic acids is 1. The maximum atomic E-state index is 12.4. The monoisotopic (exact) mass is 460 g/mol. The number of halogens is 1. The van der Waals surface area contributed by atoms with Crippen LogP contribution in [0.4, 0.5) is 5.69 Å². The lowest BCUT2D eigenvalue weighted by atomic mass is 10.1. The molecule has 3 heterocycles. The molecule has 0 radical (unpaired) electrons. The summed E-state index contributed by atoms with van der Waals surface area (Å²) in [5, 5.41) is 12.8. The second-order valence-corrected chi connectivity index (χ2v) is 8.74. The molecule has 5 rings (SSSR count). The number of hydrogen-bond donors (Lipinski definition) is 3. The molecule has 33 heavy (non-hydrogen) atoms. The maximum Gasteiger partial charge on any atom is 0.251 e. The van der Waals surface area contributed by atoms with Gasteiger partial charge in [-0.1, -0.05) is 41.9 Å². The van der Waals surface area contributed by atoms with Crippen molar-refractivity contribution >= 4 is 34.1 Å². The van der Waals surface area contributed by atoms with Gasteiger partial charge in [0.25, 0.3) is 5.91 Å². The first kappa shape index (κ1) is 21.4. The number of nitrogens with two attached hydrogens (primary N) is 1. The number of carbonyl (C=O) groups is 1. The van der Waals surface area contributed by atoms with E-state index in [1.165, 1.54) is 0 Å². The fourth-order valence-corrected chi connectivity index (χ4v) is 4.52. The zero-order valence-electron chi connectivity index (χ0n) is 18.1. The summed E-state index contributed by atoms with van der Waals surface area (Å²) in [5.74, 6) is -0.160. The van der Waals surface area contributed by atoms with E-state index in [-0.39, 0.29) is 11.9 Å². The molecule has 1 atom stereocenters. The molecule has 1 fully saturated rings. The fourth-order valence-electron chi connectivity index (χ4n) is 4.33. The average molecular weight is 461 g/mol. The molecule has 1 aliphatic rings. The van der Waals surface area contributed by atoms with Gasteiger partial charge in [0.1, 0.15) is 5.69 Å². The van der Waals surface area contributed by atoms with Gasteiger partial charge in [-0.2, -0.15) is 5.10 Å². The summed E-state index contributed by atoms with van der Waals surface area (Å²) < 4.78 is 2.07. The van der Waals surface area contributed by atoms with Gasteiger partial charge in [0.15, 0.2) is 0 Å². The zero-order valence-corrected chi connectivity index (χ0v) is 18.8. The lowest BCUT2D eigenvalue weighted by Crippen LogP contribution is -2.32. The van der Waals surface area contributed by atoms with Gasteiger partial charge in [0.05, 0.1) is 35.0 Å². The summed E-state index contributed by atoms with van der Waals surface area (Å²) in [6, 6.07) is 15.2. The smallest absolute Gasteiger partial charge is 0.251 e. The Hall–Kier alpha value is -3.42. The van der Waals surface area contributed by atoms with Gasteiger partial charge in [-0.05, 0) is 43.1 Å². The predicted molar refractivity (Wildman–Crippen MR) is 131 cm³/mol. The number of benzene rings is 2. The Bertz CT molecular complexity index is 1290. The Balaban J connectivity index is 1.39. The van der Waals surface area contributed by atoms with Gasteiger partial charge in [-0.25, -0.2) is 0 Å². The van der Waals surface area contributed by atoms with Crippen molar-refractivity contribution in [3.8, 4) is 11.3 Å². The third-order valence-corrected chi connectivity index (χ3v) is 6.27. The van der Waals surface area contributed by atoms with E-state index in [1.807, 2.05) is 30.5 Å². The Morgan fingerprint density at radius 1 is 1.21 bits per heavy atom. The molecule has 0 spiro atoms. The molecule has 168 valence electrons. The lowest BCUT2D eigenvalue weighted by molar-refractivity contribution is 0.0951. The number of anilines is 1. The van der Waals surface area contributed by atoms with E-state index in [0.29, 0.717) is 22.8 Å². The average Bonchev–Trinajstić information content (AvgIpc) is 3.24. The molecular weight excluding hydrogens is 436 g/mol. The first-order valence-corrected chi connectivity index (χ1v) is 11.4. The minimum atomic E-state index is -0.160. The number of rotatable bonds is 5. The summed E-state index contributed by atoms with van der Waals surface area (Å²) >= 11 is 5.98. The van der Waals surface area contributed by atoms with Crippen LogP contribution in [0, 0.1) is 0 Å². The van der Waals surface area contributed by atoms with E-state index >= 15 is 0 Å². The zero-order chi connectivity index (χ0) is 22.8. The third kappa shape index (κ3) is 4.42. The number of fused-ring (bicyclic) bond motifs is 1. The Morgan fingerprint density at radius 3 is 2.82 bits per heavy atom. The molecule has 1 aliphatic heterocycles. The molecule has 2 aromatic carbocycles. The van der Waals surface area contributed by atoms with Crippen LogP contribution in [-0.2, 0) is 6.54 Å². The Kier molecular flexibility index (Phi) is 5.98. The van der Waals surface area contributed by atoms with Crippen LogP contribution in [0.15, 0.2) is 60.9 Å². The van der Waals surface area contributed by atoms with Crippen LogP contribution in [0.25, 0.3) is 22.2 Å². The van der Waals surface area contributed by atoms with Crippen LogP contribution in [0.5, 0.6) is 0 Å². The highest BCUT2D eigenvalue weighted by Gasteiger charge is 2.22. The highest BCUT2D eigenvalue weighted by Crippen LogP contribution is 2.34. The van der Waals surface area contributed by atoms with E-state index in [9.17, 15) is 4.79 Å². The second-order valence-electron chi connectivity index (χ2n) is 8.31. The van der Waals surface area contributed by atoms with E-state index in [4.69, 9.17) is 22.4 Å². The van der Waals surface area contributed by atoms with Gasteiger partial charge >= 0.3 is 0 Å². The number of piperidine rings is 1. The Labute approximate surface area is 197 Å². The van der Waals surface area contributed by atoms with Crippen molar-refractivity contribution in [2.45, 2.75) is 25.4 Å². The van der Waals surface area contributed by atoms with Gasteiger partial charge in [-0.3, -0.25) is 14.5 Å². The van der Waals surface area contributed by atoms with Crippen molar-refractivity contribution in [3.63, 3.8) is 0 Å². The van der Waals surface area contributed by atoms with Crippen molar-refractivity contribution in [1.29, 1.82) is 0 Å². The molecule has 0 bridgehead atoms. The van der Waals surface area contributed by atoms with Crippen molar-refractivity contribution in [2.24, 2.45) is 0 Å². The molecule has 0 saturated carbocycles. The van der Waals surface area contributed by atoms with Gasteiger partial charge < -0.3 is 16.4 Å². The van der Waals surface area contributed by atoms with Crippen LogP contribution in [0.2, 0.25) is 5.02 Å². The van der Waals surface area contributed by atoms with E-state index in [1.54, 1.807) is 30.5 Å². The van der Waals surface area contributed by atoms with Gasteiger partial charge in [0.2, 0.25) is 0 Å². The van der Waals surface area contributed by atoms with E-state index in [2.05, 4.69) is 20.3 Å². The molecule has 0 unspecified atom stereocenters. The summed E-state index contributed by atoms with van der Waals surface area (Å²) in [5.41, 5.74) is 11.3. The largest absolute Gasteiger partial charge is 0.397 e. The molecule has 8 heteroatoms. The lowest BCUT2D eigenvalue weighted by Gasteiger charge is -2.23. The SMILES string of the molecule is Nc1cncc2c1c(-c1ccc(CNC(=O)c3cccc(Cl)c3)cc1)nn2[C@@H]1CCCNC1. The van der Waals surface area contributed by atoms with Crippen LogP contribution < -0.4 is 16.4 Å². The summed E-state index contributed by atoms with van der Waals surface area (Å²) in [7, 11) is 0. The molecule has 1 saturated heterocycles. The third-order valence-electron chi connectivity index (χ3n) is 6.03. The van der Waals surface area contributed by atoms with Gasteiger partial charge in [0, 0.05) is 29.2 Å². The number of nitrogens with zero attached hydrogens (tertiary/aromatic N) is 3. The number of hydrogen-bond acceptors (Lipinski definition) is 5. The molecule has 2 aromatic heterocycles. The second kappa shape index (κ2) is 9.21. The van der Waals surface area contributed by atoms with Crippen molar-refractivity contribution < 1.29 is 4.79 Å². The highest BCUT2D eigenvalue weighted by molar-refractivity contribution is 6.30. The minimum Gasteiger partial charge on any atom is -0.397 e. The number of nitrogen functional groups attached to an aromatic ring is 1.